The molecule has 1 aromatic carbocycles. The van der Waals surface area contributed by atoms with E-state index >= 15 is 0 Å². The second-order valence-electron chi connectivity index (χ2n) is 5.28. The maximum atomic E-state index is 12.3. The second kappa shape index (κ2) is 7.99. The molecule has 2 rings (SSSR count). The number of hydrogen-bond acceptors (Lipinski definition) is 4. The summed E-state index contributed by atoms with van der Waals surface area (Å²) in [5, 5.41) is 11.2. The molecule has 0 aliphatic carbocycles. The van der Waals surface area contributed by atoms with Crippen molar-refractivity contribution in [3.05, 3.63) is 35.9 Å². The van der Waals surface area contributed by atoms with Gasteiger partial charge in [-0.2, -0.15) is 5.26 Å². The van der Waals surface area contributed by atoms with Gasteiger partial charge in [-0.3, -0.25) is 9.59 Å². The van der Waals surface area contributed by atoms with Crippen LogP contribution in [0.5, 0.6) is 5.75 Å². The van der Waals surface area contributed by atoms with Crippen molar-refractivity contribution in [3.8, 4) is 11.8 Å². The lowest BCUT2D eigenvalue weighted by Gasteiger charge is -2.24. The Labute approximate surface area is 135 Å². The third-order valence-electron chi connectivity index (χ3n) is 3.57. The lowest BCUT2D eigenvalue weighted by Crippen LogP contribution is -2.38. The van der Waals surface area contributed by atoms with E-state index in [4.69, 9.17) is 10.00 Å². The number of carbonyl (C=O) groups is 2. The Balaban J connectivity index is 1.97. The fraction of sp³-hybridized carbons (Fsp3) is 0.353. The zero-order chi connectivity index (χ0) is 16.7. The summed E-state index contributed by atoms with van der Waals surface area (Å²) >= 11 is 0. The molecular weight excluding hydrogens is 294 g/mol. The number of benzene rings is 1. The zero-order valence-electron chi connectivity index (χ0n) is 13.0. The van der Waals surface area contributed by atoms with E-state index in [0.29, 0.717) is 25.3 Å². The topological polar surface area (TPSA) is 82.4 Å². The van der Waals surface area contributed by atoms with E-state index in [2.05, 4.69) is 5.32 Å². The predicted molar refractivity (Wildman–Crippen MR) is 85.4 cm³/mol. The molecule has 1 aromatic rings. The third kappa shape index (κ3) is 4.85. The van der Waals surface area contributed by atoms with Crippen molar-refractivity contribution < 1.29 is 14.3 Å². The minimum absolute atomic E-state index is 0.00722. The van der Waals surface area contributed by atoms with Crippen molar-refractivity contribution in [1.82, 2.24) is 10.2 Å². The average molecular weight is 313 g/mol. The summed E-state index contributed by atoms with van der Waals surface area (Å²) in [5.41, 5.74) is 0.860. The molecule has 120 valence electrons. The van der Waals surface area contributed by atoms with Gasteiger partial charge in [-0.05, 0) is 30.7 Å². The van der Waals surface area contributed by atoms with Crippen LogP contribution in [0.2, 0.25) is 0 Å². The van der Waals surface area contributed by atoms with E-state index in [1.54, 1.807) is 23.1 Å². The number of hydrogen-bond donors (Lipinski definition) is 1. The SMILES string of the molecule is CC1CC(=O)NCCN1C(=O)/C=C/c1ccc(OCC#N)cc1. The number of rotatable bonds is 4. The van der Waals surface area contributed by atoms with Crippen molar-refractivity contribution in [2.75, 3.05) is 19.7 Å². The number of amides is 2. The molecule has 1 unspecified atom stereocenters. The van der Waals surface area contributed by atoms with Crippen LogP contribution in [0, 0.1) is 11.3 Å². The summed E-state index contributed by atoms with van der Waals surface area (Å²) in [6.45, 7) is 2.87. The summed E-state index contributed by atoms with van der Waals surface area (Å²) in [6, 6.07) is 8.91. The van der Waals surface area contributed by atoms with Gasteiger partial charge in [0.2, 0.25) is 11.8 Å². The molecule has 1 N–H and O–H groups in total. The zero-order valence-corrected chi connectivity index (χ0v) is 13.0. The van der Waals surface area contributed by atoms with Gasteiger partial charge >= 0.3 is 0 Å². The van der Waals surface area contributed by atoms with Gasteiger partial charge in [0.1, 0.15) is 11.8 Å². The molecule has 23 heavy (non-hydrogen) atoms. The molecule has 0 saturated carbocycles. The highest BCUT2D eigenvalue weighted by atomic mass is 16.5. The van der Waals surface area contributed by atoms with Crippen molar-refractivity contribution in [1.29, 1.82) is 5.26 Å². The van der Waals surface area contributed by atoms with Crippen molar-refractivity contribution in [2.45, 2.75) is 19.4 Å². The highest BCUT2D eigenvalue weighted by Gasteiger charge is 2.23. The monoisotopic (exact) mass is 313 g/mol. The minimum Gasteiger partial charge on any atom is -0.479 e. The van der Waals surface area contributed by atoms with Gasteiger partial charge in [0.25, 0.3) is 0 Å². The number of carbonyl (C=O) groups excluding carboxylic acids is 2. The standard InChI is InChI=1S/C17H19N3O3/c1-13-12-16(21)19-9-10-20(13)17(22)7-4-14-2-5-15(6-3-14)23-11-8-18/h2-7,13H,9-12H2,1H3,(H,19,21)/b7-4+. The molecule has 6 nitrogen and oxygen atoms in total. The van der Waals surface area contributed by atoms with E-state index in [1.807, 2.05) is 25.1 Å². The molecule has 1 aliphatic heterocycles. The first-order valence-corrected chi connectivity index (χ1v) is 7.45. The molecule has 1 heterocycles. The fourth-order valence-electron chi connectivity index (χ4n) is 2.37. The number of nitriles is 1. The molecule has 1 aliphatic rings. The van der Waals surface area contributed by atoms with E-state index in [1.165, 1.54) is 6.08 Å². The second-order valence-corrected chi connectivity index (χ2v) is 5.28. The van der Waals surface area contributed by atoms with Crippen molar-refractivity contribution >= 4 is 17.9 Å². The van der Waals surface area contributed by atoms with Crippen LogP contribution >= 0.6 is 0 Å². The van der Waals surface area contributed by atoms with Crippen LogP contribution in [-0.4, -0.2) is 42.5 Å². The molecular formula is C17H19N3O3. The number of nitrogens with one attached hydrogen (secondary N) is 1. The third-order valence-corrected chi connectivity index (χ3v) is 3.57. The minimum atomic E-state index is -0.114. The molecule has 6 heteroatoms. The first-order valence-electron chi connectivity index (χ1n) is 7.45. The lowest BCUT2D eigenvalue weighted by molar-refractivity contribution is -0.128. The Morgan fingerprint density at radius 2 is 2.22 bits per heavy atom. The van der Waals surface area contributed by atoms with Gasteiger partial charge in [-0.15, -0.1) is 0 Å². The van der Waals surface area contributed by atoms with E-state index in [9.17, 15) is 9.59 Å². The average Bonchev–Trinajstić information content (AvgIpc) is 2.72. The Hall–Kier alpha value is -2.81. The van der Waals surface area contributed by atoms with Crippen LogP contribution in [0.1, 0.15) is 18.9 Å². The van der Waals surface area contributed by atoms with Crippen LogP contribution in [0.15, 0.2) is 30.3 Å². The van der Waals surface area contributed by atoms with E-state index in [-0.39, 0.29) is 24.5 Å². The van der Waals surface area contributed by atoms with Crippen LogP contribution in [-0.2, 0) is 9.59 Å². The molecule has 0 bridgehead atoms. The lowest BCUT2D eigenvalue weighted by atomic mass is 10.1. The summed E-state index contributed by atoms with van der Waals surface area (Å²) in [4.78, 5) is 25.4. The van der Waals surface area contributed by atoms with Gasteiger partial charge < -0.3 is 15.0 Å². The molecule has 0 spiro atoms. The van der Waals surface area contributed by atoms with Crippen LogP contribution in [0.4, 0.5) is 0 Å². The molecule has 1 atom stereocenters. The maximum Gasteiger partial charge on any atom is 0.246 e. The maximum absolute atomic E-state index is 12.3. The summed E-state index contributed by atoms with van der Waals surface area (Å²) < 4.78 is 5.17. The first kappa shape index (κ1) is 16.6. The van der Waals surface area contributed by atoms with Crippen molar-refractivity contribution in [2.24, 2.45) is 0 Å². The van der Waals surface area contributed by atoms with Crippen LogP contribution in [0.25, 0.3) is 6.08 Å². The van der Waals surface area contributed by atoms with Crippen LogP contribution in [0.3, 0.4) is 0 Å². The van der Waals surface area contributed by atoms with Gasteiger partial charge in [0, 0.05) is 31.6 Å². The smallest absolute Gasteiger partial charge is 0.246 e. The van der Waals surface area contributed by atoms with Gasteiger partial charge in [-0.25, -0.2) is 0 Å². The summed E-state index contributed by atoms with van der Waals surface area (Å²) in [7, 11) is 0. The fourth-order valence-corrected chi connectivity index (χ4v) is 2.37. The molecule has 2 amide bonds. The number of ether oxygens (including phenoxy) is 1. The van der Waals surface area contributed by atoms with E-state index in [0.717, 1.165) is 5.56 Å². The Bertz CT molecular complexity index is 631. The number of nitrogens with zero attached hydrogens (tertiary/aromatic N) is 2. The molecule has 1 saturated heterocycles. The Kier molecular flexibility index (Phi) is 5.75. The normalized spacial score (nSPS) is 18.2. The molecule has 1 fully saturated rings. The Morgan fingerprint density at radius 3 is 2.91 bits per heavy atom. The summed E-state index contributed by atoms with van der Waals surface area (Å²) in [5.74, 6) is 0.476. The molecule has 0 radical (unpaired) electrons. The van der Waals surface area contributed by atoms with Gasteiger partial charge in [0.15, 0.2) is 6.61 Å². The predicted octanol–water partition coefficient (Wildman–Crippen LogP) is 1.34. The largest absolute Gasteiger partial charge is 0.479 e. The van der Waals surface area contributed by atoms with Gasteiger partial charge in [-0.1, -0.05) is 12.1 Å². The van der Waals surface area contributed by atoms with E-state index < -0.39 is 0 Å². The highest BCUT2D eigenvalue weighted by molar-refractivity contribution is 5.92. The van der Waals surface area contributed by atoms with Crippen LogP contribution < -0.4 is 10.1 Å². The summed E-state index contributed by atoms with van der Waals surface area (Å²) in [6.07, 6.45) is 3.56. The highest BCUT2D eigenvalue weighted by Crippen LogP contribution is 2.14. The van der Waals surface area contributed by atoms with Gasteiger partial charge in [0.05, 0.1) is 0 Å². The quantitative estimate of drug-likeness (QED) is 0.850. The first-order chi connectivity index (χ1) is 11.1. The van der Waals surface area contributed by atoms with Crippen molar-refractivity contribution in [3.63, 3.8) is 0 Å². The molecule has 0 aromatic heterocycles. The Morgan fingerprint density at radius 1 is 1.48 bits per heavy atom.